The number of carbonyl (C=O) groups excluding carboxylic acids is 3. The fourth-order valence-corrected chi connectivity index (χ4v) is 1.95. The molecule has 0 rings (SSSR count). The lowest BCUT2D eigenvalue weighted by molar-refractivity contribution is -0.142. The van der Waals surface area contributed by atoms with E-state index < -0.39 is 48.4 Å². The maximum atomic E-state index is 11.8. The summed E-state index contributed by atoms with van der Waals surface area (Å²) < 4.78 is 0. The molecule has 0 aromatic carbocycles. The van der Waals surface area contributed by atoms with Crippen LogP contribution in [0, 0.1) is 0 Å². The highest BCUT2D eigenvalue weighted by molar-refractivity contribution is 7.80. The molecule has 0 aliphatic carbocycles. The third-order valence-electron chi connectivity index (χ3n) is 3.29. The number of aliphatic carboxylic acids is 1. The SMILES string of the molecule is CC(NC(=O)C(N)CS)C(=O)NCC(=O)NC(CCCCN)C(=O)O. The van der Waals surface area contributed by atoms with Crippen molar-refractivity contribution in [1.82, 2.24) is 16.0 Å². The number of hydrogen-bond donors (Lipinski definition) is 7. The Labute approximate surface area is 151 Å². The third-order valence-corrected chi connectivity index (χ3v) is 3.68. The monoisotopic (exact) mass is 377 g/mol. The van der Waals surface area contributed by atoms with Gasteiger partial charge < -0.3 is 32.5 Å². The molecule has 0 saturated carbocycles. The van der Waals surface area contributed by atoms with Crippen LogP contribution in [0.15, 0.2) is 0 Å². The van der Waals surface area contributed by atoms with Crippen LogP contribution in [-0.2, 0) is 19.2 Å². The largest absolute Gasteiger partial charge is 0.480 e. The second-order valence-corrected chi connectivity index (χ2v) is 5.85. The Hall–Kier alpha value is -1.85. The van der Waals surface area contributed by atoms with Crippen LogP contribution in [0.5, 0.6) is 0 Å². The van der Waals surface area contributed by atoms with Crippen molar-refractivity contribution in [2.24, 2.45) is 11.5 Å². The van der Waals surface area contributed by atoms with Crippen molar-refractivity contribution in [3.05, 3.63) is 0 Å². The number of rotatable bonds is 12. The Morgan fingerprint density at radius 2 is 1.76 bits per heavy atom. The molecule has 10 nitrogen and oxygen atoms in total. The van der Waals surface area contributed by atoms with Crippen LogP contribution < -0.4 is 27.4 Å². The lowest BCUT2D eigenvalue weighted by Crippen LogP contribution is -2.52. The topological polar surface area (TPSA) is 177 Å². The molecule has 0 heterocycles. The van der Waals surface area contributed by atoms with Crippen molar-refractivity contribution in [3.63, 3.8) is 0 Å². The Bertz CT molecular complexity index is 477. The first-order valence-electron chi connectivity index (χ1n) is 7.89. The van der Waals surface area contributed by atoms with E-state index in [1.807, 2.05) is 0 Å². The summed E-state index contributed by atoms with van der Waals surface area (Å²) in [6, 6.07) is -2.78. The first kappa shape index (κ1) is 23.1. The average Bonchev–Trinajstić information content (AvgIpc) is 2.57. The van der Waals surface area contributed by atoms with E-state index in [0.717, 1.165) is 0 Å². The average molecular weight is 377 g/mol. The lowest BCUT2D eigenvalue weighted by Gasteiger charge is -2.17. The van der Waals surface area contributed by atoms with Gasteiger partial charge in [-0.05, 0) is 32.7 Å². The van der Waals surface area contributed by atoms with Gasteiger partial charge in [-0.3, -0.25) is 14.4 Å². The van der Waals surface area contributed by atoms with Gasteiger partial charge in [0.2, 0.25) is 17.7 Å². The summed E-state index contributed by atoms with van der Waals surface area (Å²) in [4.78, 5) is 46.2. The minimum absolute atomic E-state index is 0.128. The number of thiol groups is 1. The molecular formula is C14H27N5O5S. The van der Waals surface area contributed by atoms with E-state index in [4.69, 9.17) is 16.6 Å². The molecule has 3 amide bonds. The van der Waals surface area contributed by atoms with Crippen molar-refractivity contribution in [2.45, 2.75) is 44.3 Å². The van der Waals surface area contributed by atoms with Crippen LogP contribution in [0.25, 0.3) is 0 Å². The highest BCUT2D eigenvalue weighted by atomic mass is 32.1. The Morgan fingerprint density at radius 1 is 1.12 bits per heavy atom. The zero-order valence-corrected chi connectivity index (χ0v) is 15.1. The van der Waals surface area contributed by atoms with E-state index in [-0.39, 0.29) is 12.2 Å². The first-order chi connectivity index (χ1) is 11.7. The number of hydrogen-bond acceptors (Lipinski definition) is 7. The molecule has 0 bridgehead atoms. The first-order valence-corrected chi connectivity index (χ1v) is 8.52. The molecule has 0 aliphatic heterocycles. The smallest absolute Gasteiger partial charge is 0.326 e. The molecule has 25 heavy (non-hydrogen) atoms. The van der Waals surface area contributed by atoms with Crippen molar-refractivity contribution in [2.75, 3.05) is 18.8 Å². The van der Waals surface area contributed by atoms with E-state index in [2.05, 4.69) is 28.6 Å². The fourth-order valence-electron chi connectivity index (χ4n) is 1.78. The number of nitrogens with two attached hydrogens (primary N) is 2. The van der Waals surface area contributed by atoms with Crippen LogP contribution in [-0.4, -0.2) is 65.8 Å². The van der Waals surface area contributed by atoms with Gasteiger partial charge in [0.15, 0.2) is 0 Å². The highest BCUT2D eigenvalue weighted by Gasteiger charge is 2.22. The molecule has 0 fully saturated rings. The number of carbonyl (C=O) groups is 4. The number of nitrogens with one attached hydrogen (secondary N) is 3. The lowest BCUT2D eigenvalue weighted by atomic mass is 10.1. The van der Waals surface area contributed by atoms with Crippen LogP contribution in [0.4, 0.5) is 0 Å². The van der Waals surface area contributed by atoms with E-state index >= 15 is 0 Å². The highest BCUT2D eigenvalue weighted by Crippen LogP contribution is 2.00. The summed E-state index contributed by atoms with van der Waals surface area (Å²) in [5, 5.41) is 16.1. The molecule has 0 saturated heterocycles. The summed E-state index contributed by atoms with van der Waals surface area (Å²) in [6.07, 6.45) is 1.47. The minimum atomic E-state index is -1.15. The normalized spacial score (nSPS) is 14.1. The van der Waals surface area contributed by atoms with E-state index in [1.165, 1.54) is 6.92 Å². The summed E-state index contributed by atoms with van der Waals surface area (Å²) in [7, 11) is 0. The second-order valence-electron chi connectivity index (χ2n) is 5.48. The Balaban J connectivity index is 4.30. The summed E-state index contributed by atoms with van der Waals surface area (Å²) in [5.74, 6) is -2.79. The van der Waals surface area contributed by atoms with Gasteiger partial charge in [0, 0.05) is 5.75 Å². The number of amides is 3. The van der Waals surface area contributed by atoms with Gasteiger partial charge in [0.25, 0.3) is 0 Å². The number of carboxylic acids is 1. The number of unbranched alkanes of at least 4 members (excludes halogenated alkanes) is 1. The van der Waals surface area contributed by atoms with Crippen molar-refractivity contribution < 1.29 is 24.3 Å². The molecule has 0 radical (unpaired) electrons. The fraction of sp³-hybridized carbons (Fsp3) is 0.714. The summed E-state index contributed by atoms with van der Waals surface area (Å²) in [5.41, 5.74) is 10.8. The third kappa shape index (κ3) is 9.89. The van der Waals surface area contributed by atoms with Gasteiger partial charge in [0.1, 0.15) is 12.1 Å². The summed E-state index contributed by atoms with van der Waals surface area (Å²) >= 11 is 3.88. The molecular weight excluding hydrogens is 350 g/mol. The quantitative estimate of drug-likeness (QED) is 0.146. The van der Waals surface area contributed by atoms with E-state index in [1.54, 1.807) is 0 Å². The zero-order valence-electron chi connectivity index (χ0n) is 14.2. The zero-order chi connectivity index (χ0) is 19.4. The van der Waals surface area contributed by atoms with Gasteiger partial charge in [-0.2, -0.15) is 12.6 Å². The van der Waals surface area contributed by atoms with Crippen molar-refractivity contribution in [1.29, 1.82) is 0 Å². The van der Waals surface area contributed by atoms with Gasteiger partial charge >= 0.3 is 5.97 Å². The molecule has 144 valence electrons. The van der Waals surface area contributed by atoms with Gasteiger partial charge in [-0.15, -0.1) is 0 Å². The Kier molecular flexibility index (Phi) is 11.6. The predicted octanol–water partition coefficient (Wildman–Crippen LogP) is -2.44. The van der Waals surface area contributed by atoms with Crippen LogP contribution in [0.1, 0.15) is 26.2 Å². The standard InChI is InChI=1S/C14H27N5O5S/c1-8(18-13(22)9(16)7-25)12(21)17-6-11(20)19-10(14(23)24)4-2-3-5-15/h8-10,25H,2-7,15-16H2,1H3,(H,17,21)(H,18,22)(H,19,20)(H,23,24). The molecule has 0 aliphatic rings. The van der Waals surface area contributed by atoms with Gasteiger partial charge in [0.05, 0.1) is 12.6 Å². The molecule has 0 aromatic heterocycles. The molecule has 11 heteroatoms. The van der Waals surface area contributed by atoms with Crippen molar-refractivity contribution in [3.8, 4) is 0 Å². The van der Waals surface area contributed by atoms with Crippen LogP contribution >= 0.6 is 12.6 Å². The van der Waals surface area contributed by atoms with E-state index in [0.29, 0.717) is 19.4 Å². The molecule has 0 spiro atoms. The Morgan fingerprint density at radius 3 is 2.28 bits per heavy atom. The molecule has 3 atom stereocenters. The number of carboxylic acid groups (broad SMARTS) is 1. The predicted molar refractivity (Wildman–Crippen MR) is 94.9 cm³/mol. The van der Waals surface area contributed by atoms with Crippen LogP contribution in [0.3, 0.4) is 0 Å². The molecule has 3 unspecified atom stereocenters. The van der Waals surface area contributed by atoms with Crippen molar-refractivity contribution >= 4 is 36.3 Å². The molecule has 0 aromatic rings. The maximum Gasteiger partial charge on any atom is 0.326 e. The summed E-state index contributed by atoms with van der Waals surface area (Å²) in [6.45, 7) is 1.47. The van der Waals surface area contributed by atoms with Gasteiger partial charge in [-0.25, -0.2) is 4.79 Å². The second kappa shape index (κ2) is 12.5. The maximum absolute atomic E-state index is 11.8. The van der Waals surface area contributed by atoms with Crippen LogP contribution in [0.2, 0.25) is 0 Å². The van der Waals surface area contributed by atoms with Gasteiger partial charge in [-0.1, -0.05) is 0 Å². The molecule has 8 N–H and O–H groups in total. The van der Waals surface area contributed by atoms with E-state index in [9.17, 15) is 19.2 Å². The minimum Gasteiger partial charge on any atom is -0.480 e.